The molecule has 0 fully saturated rings. The van der Waals surface area contributed by atoms with Gasteiger partial charge in [0.15, 0.2) is 0 Å². The quantitative estimate of drug-likeness (QED) is 0.177. The summed E-state index contributed by atoms with van der Waals surface area (Å²) in [7, 11) is 0. The van der Waals surface area contributed by atoms with Crippen molar-refractivity contribution in [1.29, 1.82) is 0 Å². The Morgan fingerprint density at radius 3 is 1.71 bits per heavy atom. The zero-order chi connectivity index (χ0) is 34.4. The van der Waals surface area contributed by atoms with E-state index in [-0.39, 0.29) is 0 Å². The average molecular weight is 665 g/mol. The predicted octanol–water partition coefficient (Wildman–Crippen LogP) is 13.8. The van der Waals surface area contributed by atoms with Gasteiger partial charge in [-0.2, -0.15) is 0 Å². The first-order chi connectivity index (χ1) is 25.8. The van der Waals surface area contributed by atoms with Crippen molar-refractivity contribution in [3.63, 3.8) is 0 Å². The van der Waals surface area contributed by atoms with Gasteiger partial charge in [-0.25, -0.2) is 0 Å². The van der Waals surface area contributed by atoms with Gasteiger partial charge >= 0.3 is 0 Å². The van der Waals surface area contributed by atoms with Gasteiger partial charge in [-0.05, 0) is 92.8 Å². The summed E-state index contributed by atoms with van der Waals surface area (Å²) < 4.78 is 6.67. The molecule has 10 aromatic rings. The molecule has 0 atom stereocenters. The summed E-state index contributed by atoms with van der Waals surface area (Å²) in [5, 5.41) is 6.99. The summed E-state index contributed by atoms with van der Waals surface area (Å²) in [6.45, 7) is 0. The van der Waals surface area contributed by atoms with Crippen LogP contribution in [0.5, 0.6) is 0 Å². The van der Waals surface area contributed by atoms with E-state index in [0.29, 0.717) is 0 Å². The summed E-state index contributed by atoms with van der Waals surface area (Å²) in [5.74, 6) is 0. The SMILES string of the molecule is c1ccc(N(c2ccccc2)c2ccc(-c3cc4oc5cccc(-c6ccc(-c7cccc8ccccc78)cn6)c5c4c4ccccc34)cc2)cc1. The smallest absolute Gasteiger partial charge is 0.136 e. The predicted molar refractivity (Wildman–Crippen MR) is 218 cm³/mol. The van der Waals surface area contributed by atoms with E-state index in [1.165, 1.54) is 21.7 Å². The maximum Gasteiger partial charge on any atom is 0.136 e. The molecule has 0 aliphatic rings. The standard InChI is InChI=1S/C49H32N2O/c1-3-15-36(16-4-1)51(37-17-5-2-6-18-37)38-28-25-34(26-29-38)44-31-47-48(42-21-10-9-20-41(42)44)49-43(23-12-24-46(49)52-47)45-30-27-35(32-50-45)40-22-11-14-33-13-7-8-19-39(33)40/h1-32H. The second kappa shape index (κ2) is 12.4. The van der Waals surface area contributed by atoms with Gasteiger partial charge in [-0.3, -0.25) is 4.98 Å². The first-order valence-electron chi connectivity index (χ1n) is 17.6. The van der Waals surface area contributed by atoms with E-state index in [1.54, 1.807) is 0 Å². The molecule has 10 rings (SSSR count). The fourth-order valence-corrected chi connectivity index (χ4v) is 7.71. The van der Waals surface area contributed by atoms with Gasteiger partial charge in [0.25, 0.3) is 0 Å². The molecular formula is C49H32N2O. The van der Waals surface area contributed by atoms with Crippen molar-refractivity contribution in [2.45, 2.75) is 0 Å². The number of furan rings is 1. The minimum atomic E-state index is 0.853. The van der Waals surface area contributed by atoms with E-state index in [2.05, 4.69) is 193 Å². The summed E-state index contributed by atoms with van der Waals surface area (Å²) >= 11 is 0. The molecule has 0 bridgehead atoms. The topological polar surface area (TPSA) is 29.3 Å². The lowest BCUT2D eigenvalue weighted by molar-refractivity contribution is 0.669. The maximum absolute atomic E-state index is 6.67. The Morgan fingerprint density at radius 1 is 0.385 bits per heavy atom. The highest BCUT2D eigenvalue weighted by Gasteiger charge is 2.19. The molecule has 0 aliphatic heterocycles. The number of pyridine rings is 1. The van der Waals surface area contributed by atoms with E-state index in [4.69, 9.17) is 9.40 Å². The molecule has 244 valence electrons. The molecule has 3 heteroatoms. The number of fused-ring (bicyclic) bond motifs is 6. The number of hydrogen-bond donors (Lipinski definition) is 0. The van der Waals surface area contributed by atoms with Gasteiger partial charge in [0.05, 0.1) is 5.69 Å². The molecular weight excluding hydrogens is 633 g/mol. The van der Waals surface area contributed by atoms with Gasteiger partial charge in [0.2, 0.25) is 0 Å². The number of anilines is 3. The largest absolute Gasteiger partial charge is 0.456 e. The first-order valence-corrected chi connectivity index (χ1v) is 17.6. The number of nitrogens with zero attached hydrogens (tertiary/aromatic N) is 2. The Balaban J connectivity index is 1.08. The molecule has 3 nitrogen and oxygen atoms in total. The molecule has 0 unspecified atom stereocenters. The Morgan fingerprint density at radius 2 is 0.981 bits per heavy atom. The van der Waals surface area contributed by atoms with E-state index >= 15 is 0 Å². The minimum absolute atomic E-state index is 0.853. The third kappa shape index (κ3) is 5.02. The zero-order valence-corrected chi connectivity index (χ0v) is 28.3. The van der Waals surface area contributed by atoms with E-state index in [9.17, 15) is 0 Å². The van der Waals surface area contributed by atoms with Crippen LogP contribution in [-0.2, 0) is 0 Å². The number of rotatable bonds is 6. The Kier molecular flexibility index (Phi) is 7.14. The molecule has 0 amide bonds. The number of aromatic nitrogens is 1. The van der Waals surface area contributed by atoms with Gasteiger partial charge in [-0.15, -0.1) is 0 Å². The van der Waals surface area contributed by atoms with Crippen LogP contribution in [0.25, 0.3) is 77.0 Å². The molecule has 0 saturated carbocycles. The minimum Gasteiger partial charge on any atom is -0.456 e. The molecule has 2 heterocycles. The van der Waals surface area contributed by atoms with Crippen LogP contribution in [0.2, 0.25) is 0 Å². The molecule has 0 spiro atoms. The Labute approximate surface area is 301 Å². The highest BCUT2D eigenvalue weighted by molar-refractivity contribution is 6.25. The number of hydrogen-bond acceptors (Lipinski definition) is 3. The maximum atomic E-state index is 6.67. The summed E-state index contributed by atoms with van der Waals surface area (Å²) in [5.41, 5.74) is 11.6. The highest BCUT2D eigenvalue weighted by atomic mass is 16.3. The second-order valence-corrected chi connectivity index (χ2v) is 13.1. The summed E-state index contributed by atoms with van der Waals surface area (Å²) in [4.78, 5) is 7.32. The first kappa shape index (κ1) is 29.9. The lowest BCUT2D eigenvalue weighted by atomic mass is 9.93. The molecule has 0 aliphatic carbocycles. The van der Waals surface area contributed by atoms with Crippen molar-refractivity contribution in [3.05, 3.63) is 194 Å². The fourth-order valence-electron chi connectivity index (χ4n) is 7.71. The van der Waals surface area contributed by atoms with Crippen molar-refractivity contribution in [2.75, 3.05) is 4.90 Å². The lowest BCUT2D eigenvalue weighted by Crippen LogP contribution is -2.09. The third-order valence-corrected chi connectivity index (χ3v) is 10.1. The molecule has 8 aromatic carbocycles. The highest BCUT2D eigenvalue weighted by Crippen LogP contribution is 2.44. The average Bonchev–Trinajstić information content (AvgIpc) is 3.61. The van der Waals surface area contributed by atoms with Crippen LogP contribution in [0.3, 0.4) is 0 Å². The molecule has 2 aromatic heterocycles. The van der Waals surface area contributed by atoms with Crippen LogP contribution < -0.4 is 4.90 Å². The fraction of sp³-hybridized carbons (Fsp3) is 0. The van der Waals surface area contributed by atoms with Crippen LogP contribution in [0.15, 0.2) is 199 Å². The van der Waals surface area contributed by atoms with Crippen molar-refractivity contribution >= 4 is 60.5 Å². The van der Waals surface area contributed by atoms with Crippen LogP contribution in [0.4, 0.5) is 17.1 Å². The normalized spacial score (nSPS) is 11.5. The van der Waals surface area contributed by atoms with E-state index < -0.39 is 0 Å². The zero-order valence-electron chi connectivity index (χ0n) is 28.3. The van der Waals surface area contributed by atoms with Gasteiger partial charge in [0, 0.05) is 45.2 Å². The monoisotopic (exact) mass is 664 g/mol. The summed E-state index contributed by atoms with van der Waals surface area (Å²) in [6, 6.07) is 66.3. The van der Waals surface area contributed by atoms with E-state index in [0.717, 1.165) is 72.3 Å². The van der Waals surface area contributed by atoms with Crippen molar-refractivity contribution < 1.29 is 4.42 Å². The Hall–Kier alpha value is -6.97. The van der Waals surface area contributed by atoms with Gasteiger partial charge in [0.1, 0.15) is 11.2 Å². The van der Waals surface area contributed by atoms with Crippen LogP contribution in [0.1, 0.15) is 0 Å². The second-order valence-electron chi connectivity index (χ2n) is 13.1. The lowest BCUT2D eigenvalue weighted by Gasteiger charge is -2.25. The van der Waals surface area contributed by atoms with Crippen LogP contribution in [0, 0.1) is 0 Å². The van der Waals surface area contributed by atoms with Crippen molar-refractivity contribution in [3.8, 4) is 33.5 Å². The van der Waals surface area contributed by atoms with Crippen molar-refractivity contribution in [1.82, 2.24) is 4.98 Å². The van der Waals surface area contributed by atoms with Crippen molar-refractivity contribution in [2.24, 2.45) is 0 Å². The van der Waals surface area contributed by atoms with E-state index in [1.807, 2.05) is 6.20 Å². The molecule has 52 heavy (non-hydrogen) atoms. The Bertz CT molecular complexity index is 2830. The number of para-hydroxylation sites is 2. The number of benzene rings is 8. The molecule has 0 N–H and O–H groups in total. The molecule has 0 saturated heterocycles. The summed E-state index contributed by atoms with van der Waals surface area (Å²) in [6.07, 6.45) is 1.99. The van der Waals surface area contributed by atoms with Gasteiger partial charge < -0.3 is 9.32 Å². The third-order valence-electron chi connectivity index (χ3n) is 10.1. The molecule has 0 radical (unpaired) electrons. The van der Waals surface area contributed by atoms with Crippen LogP contribution in [-0.4, -0.2) is 4.98 Å². The van der Waals surface area contributed by atoms with Gasteiger partial charge in [-0.1, -0.05) is 133 Å². The van der Waals surface area contributed by atoms with Crippen LogP contribution >= 0.6 is 0 Å².